The van der Waals surface area contributed by atoms with E-state index in [-0.39, 0.29) is 0 Å². The molecular weight excluding hydrogens is 280 g/mol. The summed E-state index contributed by atoms with van der Waals surface area (Å²) in [6.45, 7) is 3.63. The molecule has 2 fully saturated rings. The molecule has 2 aromatic heterocycles. The highest BCUT2D eigenvalue weighted by Gasteiger charge is 2.43. The van der Waals surface area contributed by atoms with Crippen LogP contribution in [0, 0.1) is 0 Å². The number of hydrogen-bond acceptors (Lipinski definition) is 4. The summed E-state index contributed by atoms with van der Waals surface area (Å²) in [7, 11) is 0. The first-order valence-corrected chi connectivity index (χ1v) is 9.09. The maximum absolute atomic E-state index is 4.47. The van der Waals surface area contributed by atoms with Crippen molar-refractivity contribution in [3.8, 4) is 0 Å². The number of hydrogen-bond donors (Lipinski definition) is 0. The Kier molecular flexibility index (Phi) is 3.42. The van der Waals surface area contributed by atoms with Crippen LogP contribution < -0.4 is 0 Å². The monoisotopic (exact) mass is 302 g/mol. The van der Waals surface area contributed by atoms with Gasteiger partial charge in [-0.2, -0.15) is 11.8 Å². The van der Waals surface area contributed by atoms with Gasteiger partial charge in [0.1, 0.15) is 5.82 Å². The Labute approximate surface area is 129 Å². The number of likely N-dealkylation sites (tertiary alicyclic amines) is 1. The molecule has 1 saturated carbocycles. The van der Waals surface area contributed by atoms with Gasteiger partial charge < -0.3 is 4.90 Å². The van der Waals surface area contributed by atoms with Gasteiger partial charge in [0.05, 0.1) is 0 Å². The van der Waals surface area contributed by atoms with Crippen LogP contribution in [-0.4, -0.2) is 50.1 Å². The average molecular weight is 302 g/mol. The molecule has 1 atom stereocenters. The number of thioether (sulfide) groups is 1. The van der Waals surface area contributed by atoms with Gasteiger partial charge in [-0.3, -0.25) is 4.40 Å². The largest absolute Gasteiger partial charge is 0.301 e. The van der Waals surface area contributed by atoms with Crippen LogP contribution in [0.2, 0.25) is 0 Å². The minimum atomic E-state index is 0.522. The maximum Gasteiger partial charge on any atom is 0.160 e. The zero-order chi connectivity index (χ0) is 14.3. The minimum absolute atomic E-state index is 0.522. The third-order valence-corrected chi connectivity index (χ3v) is 6.37. The third kappa shape index (κ3) is 2.57. The zero-order valence-electron chi connectivity index (χ0n) is 12.5. The predicted molar refractivity (Wildman–Crippen MR) is 86.9 cm³/mol. The molecule has 3 heterocycles. The van der Waals surface area contributed by atoms with Gasteiger partial charge in [-0.05, 0) is 50.6 Å². The second-order valence-electron chi connectivity index (χ2n) is 6.45. The van der Waals surface area contributed by atoms with Crippen molar-refractivity contribution in [2.75, 3.05) is 25.9 Å². The molecule has 0 aromatic carbocycles. The summed E-state index contributed by atoms with van der Waals surface area (Å²) in [5.41, 5.74) is 0.965. The number of pyridine rings is 1. The molecule has 4 nitrogen and oxygen atoms in total. The molecule has 0 radical (unpaired) electrons. The Morgan fingerprint density at radius 1 is 1.33 bits per heavy atom. The van der Waals surface area contributed by atoms with E-state index in [0.29, 0.717) is 10.7 Å². The molecule has 0 spiro atoms. The Hall–Kier alpha value is -1.07. The highest BCUT2D eigenvalue weighted by atomic mass is 32.2. The van der Waals surface area contributed by atoms with Crippen molar-refractivity contribution < 1.29 is 0 Å². The van der Waals surface area contributed by atoms with Crippen LogP contribution in [0.15, 0.2) is 24.4 Å². The van der Waals surface area contributed by atoms with E-state index < -0.39 is 0 Å². The molecule has 0 bridgehead atoms. The van der Waals surface area contributed by atoms with Crippen LogP contribution in [0.25, 0.3) is 5.65 Å². The van der Waals surface area contributed by atoms with Crippen LogP contribution in [0.3, 0.4) is 0 Å². The van der Waals surface area contributed by atoms with Gasteiger partial charge in [-0.25, -0.2) is 0 Å². The number of fused-ring (bicyclic) bond motifs is 1. The minimum Gasteiger partial charge on any atom is -0.301 e. The fourth-order valence-electron chi connectivity index (χ4n) is 3.52. The van der Waals surface area contributed by atoms with E-state index in [0.717, 1.165) is 18.0 Å². The van der Waals surface area contributed by atoms with Crippen LogP contribution in [0.5, 0.6) is 0 Å². The summed E-state index contributed by atoms with van der Waals surface area (Å²) in [5, 5.41) is 8.78. The molecule has 112 valence electrons. The average Bonchev–Trinajstić information content (AvgIpc) is 3.16. The molecule has 0 N–H and O–H groups in total. The molecular formula is C16H22N4S. The number of nitrogens with zero attached hydrogens (tertiary/aromatic N) is 4. The highest BCUT2D eigenvalue weighted by molar-refractivity contribution is 8.00. The van der Waals surface area contributed by atoms with E-state index in [4.69, 9.17) is 0 Å². The van der Waals surface area contributed by atoms with Crippen molar-refractivity contribution in [3.63, 3.8) is 0 Å². The van der Waals surface area contributed by atoms with Crippen LogP contribution >= 0.6 is 11.8 Å². The number of piperidine rings is 1. The number of aromatic nitrogens is 3. The Bertz CT molecular complexity index is 634. The first-order valence-electron chi connectivity index (χ1n) is 7.87. The Morgan fingerprint density at radius 3 is 3.05 bits per heavy atom. The molecule has 1 saturated heterocycles. The fraction of sp³-hybridized carbons (Fsp3) is 0.625. The van der Waals surface area contributed by atoms with Crippen molar-refractivity contribution >= 4 is 17.4 Å². The lowest BCUT2D eigenvalue weighted by Crippen LogP contribution is -2.39. The normalized spacial score (nSPS) is 25.3. The summed E-state index contributed by atoms with van der Waals surface area (Å²) >= 11 is 2.06. The number of rotatable bonds is 4. The lowest BCUT2D eigenvalue weighted by molar-refractivity contribution is 0.201. The van der Waals surface area contributed by atoms with E-state index in [9.17, 15) is 0 Å². The summed E-state index contributed by atoms with van der Waals surface area (Å²) in [5.74, 6) is 1.66. The van der Waals surface area contributed by atoms with Gasteiger partial charge in [0.25, 0.3) is 0 Å². The van der Waals surface area contributed by atoms with Gasteiger partial charge in [0.2, 0.25) is 0 Å². The first kappa shape index (κ1) is 13.6. The van der Waals surface area contributed by atoms with Gasteiger partial charge in [0.15, 0.2) is 5.65 Å². The van der Waals surface area contributed by atoms with Gasteiger partial charge in [-0.15, -0.1) is 10.2 Å². The molecule has 5 heteroatoms. The standard InChI is InChI=1S/C16H22N4S/c1-21-16(7-8-16)12-19-9-4-5-13(11-19)15-18-17-14-6-2-3-10-20(14)15/h2-3,6,10,13H,4-5,7-9,11-12H2,1H3. The van der Waals surface area contributed by atoms with Crippen molar-refractivity contribution in [1.82, 2.24) is 19.5 Å². The lowest BCUT2D eigenvalue weighted by atomic mass is 9.97. The smallest absolute Gasteiger partial charge is 0.160 e. The van der Waals surface area contributed by atoms with E-state index in [1.807, 2.05) is 12.1 Å². The second kappa shape index (κ2) is 5.29. The summed E-state index contributed by atoms with van der Waals surface area (Å²) in [6, 6.07) is 6.12. The van der Waals surface area contributed by atoms with Gasteiger partial charge in [0, 0.05) is 30.0 Å². The van der Waals surface area contributed by atoms with Crippen molar-refractivity contribution in [1.29, 1.82) is 0 Å². The van der Waals surface area contributed by atoms with Crippen LogP contribution in [0.1, 0.15) is 37.4 Å². The van der Waals surface area contributed by atoms with E-state index in [1.54, 1.807) is 0 Å². The van der Waals surface area contributed by atoms with Crippen molar-refractivity contribution in [2.45, 2.75) is 36.3 Å². The molecule has 4 rings (SSSR count). The van der Waals surface area contributed by atoms with E-state index in [2.05, 4.69) is 49.8 Å². The zero-order valence-corrected chi connectivity index (χ0v) is 13.4. The SMILES string of the molecule is CSC1(CN2CCCC(c3nnc4ccccn34)C2)CC1. The van der Waals surface area contributed by atoms with Crippen LogP contribution in [-0.2, 0) is 0 Å². The quantitative estimate of drug-likeness (QED) is 0.869. The van der Waals surface area contributed by atoms with Gasteiger partial charge >= 0.3 is 0 Å². The van der Waals surface area contributed by atoms with Gasteiger partial charge in [-0.1, -0.05) is 6.07 Å². The van der Waals surface area contributed by atoms with E-state index >= 15 is 0 Å². The molecule has 2 aromatic rings. The lowest BCUT2D eigenvalue weighted by Gasteiger charge is -2.34. The molecule has 1 unspecified atom stereocenters. The second-order valence-corrected chi connectivity index (χ2v) is 7.72. The first-order chi connectivity index (χ1) is 10.3. The van der Waals surface area contributed by atoms with E-state index in [1.165, 1.54) is 38.8 Å². The Balaban J connectivity index is 1.52. The topological polar surface area (TPSA) is 33.4 Å². The summed E-state index contributed by atoms with van der Waals surface area (Å²) < 4.78 is 2.73. The summed E-state index contributed by atoms with van der Waals surface area (Å²) in [6.07, 6.45) is 9.65. The highest BCUT2D eigenvalue weighted by Crippen LogP contribution is 2.48. The molecule has 1 aliphatic carbocycles. The Morgan fingerprint density at radius 2 is 2.24 bits per heavy atom. The molecule has 2 aliphatic rings. The molecule has 21 heavy (non-hydrogen) atoms. The summed E-state index contributed by atoms with van der Waals surface area (Å²) in [4.78, 5) is 2.65. The van der Waals surface area contributed by atoms with Crippen molar-refractivity contribution in [3.05, 3.63) is 30.2 Å². The van der Waals surface area contributed by atoms with Crippen LogP contribution in [0.4, 0.5) is 0 Å². The fourth-order valence-corrected chi connectivity index (χ4v) is 4.34. The molecule has 1 aliphatic heterocycles. The predicted octanol–water partition coefficient (Wildman–Crippen LogP) is 2.80. The molecule has 0 amide bonds. The maximum atomic E-state index is 4.47. The third-order valence-electron chi connectivity index (χ3n) is 4.96. The van der Waals surface area contributed by atoms with Crippen molar-refractivity contribution in [2.24, 2.45) is 0 Å².